The molecule has 5 nitrogen and oxygen atoms in total. The lowest BCUT2D eigenvalue weighted by Gasteiger charge is -2.36. The summed E-state index contributed by atoms with van der Waals surface area (Å²) >= 11 is 0. The van der Waals surface area contributed by atoms with Crippen LogP contribution < -0.4 is 10.2 Å². The Morgan fingerprint density at radius 2 is 1.68 bits per heavy atom. The van der Waals surface area contributed by atoms with Crippen molar-refractivity contribution < 1.29 is 9.59 Å². The van der Waals surface area contributed by atoms with Crippen LogP contribution in [0.4, 0.5) is 16.2 Å². The number of rotatable bonds is 7. The summed E-state index contributed by atoms with van der Waals surface area (Å²) in [4.78, 5) is 30.1. The molecule has 3 aromatic carbocycles. The lowest BCUT2D eigenvalue weighted by atomic mass is 9.95. The number of aryl methyl sites for hydroxylation is 2. The molecule has 1 fully saturated rings. The Kier molecular flexibility index (Phi) is 7.31. The number of carbonyl (C=O) groups is 2. The molecule has 1 atom stereocenters. The first-order chi connectivity index (χ1) is 16.4. The van der Waals surface area contributed by atoms with Crippen molar-refractivity contribution in [3.8, 4) is 0 Å². The van der Waals surface area contributed by atoms with Crippen LogP contribution in [0.3, 0.4) is 0 Å². The maximum absolute atomic E-state index is 13.3. The molecule has 0 saturated carbocycles. The molecule has 4 rings (SSSR count). The van der Waals surface area contributed by atoms with E-state index in [1.54, 1.807) is 0 Å². The van der Waals surface area contributed by atoms with E-state index in [4.69, 9.17) is 0 Å². The number of nitrogens with one attached hydrogen (secondary N) is 1. The zero-order chi connectivity index (χ0) is 24.1. The van der Waals surface area contributed by atoms with Crippen molar-refractivity contribution in [3.05, 3.63) is 95.1 Å². The van der Waals surface area contributed by atoms with Gasteiger partial charge < -0.3 is 10.2 Å². The van der Waals surface area contributed by atoms with Crippen LogP contribution in [0.25, 0.3) is 0 Å². The van der Waals surface area contributed by atoms with Crippen molar-refractivity contribution in [1.82, 2.24) is 4.90 Å². The van der Waals surface area contributed by atoms with E-state index in [1.165, 1.54) is 11.1 Å². The van der Waals surface area contributed by atoms with Crippen molar-refractivity contribution in [3.63, 3.8) is 0 Å². The Labute approximate surface area is 202 Å². The molecule has 3 amide bonds. The number of amides is 3. The van der Waals surface area contributed by atoms with Crippen molar-refractivity contribution in [2.24, 2.45) is 0 Å². The van der Waals surface area contributed by atoms with Gasteiger partial charge in [-0.15, -0.1) is 0 Å². The van der Waals surface area contributed by atoms with Gasteiger partial charge in [0.15, 0.2) is 0 Å². The van der Waals surface area contributed by atoms with Crippen LogP contribution in [0, 0.1) is 13.8 Å². The monoisotopic (exact) mass is 455 g/mol. The van der Waals surface area contributed by atoms with E-state index in [0.29, 0.717) is 25.2 Å². The lowest BCUT2D eigenvalue weighted by Crippen LogP contribution is -2.49. The highest BCUT2D eigenvalue weighted by Gasteiger charge is 2.27. The summed E-state index contributed by atoms with van der Waals surface area (Å²) in [5.41, 5.74) is 6.09. The lowest BCUT2D eigenvalue weighted by molar-refractivity contribution is -0.117. The second-order valence-corrected chi connectivity index (χ2v) is 9.12. The fraction of sp³-hybridized carbons (Fsp3) is 0.310. The molecule has 0 spiro atoms. The Bertz CT molecular complexity index is 1140. The first kappa shape index (κ1) is 23.6. The average molecular weight is 456 g/mol. The highest BCUT2D eigenvalue weighted by atomic mass is 16.2. The van der Waals surface area contributed by atoms with Crippen LogP contribution in [0.15, 0.2) is 72.8 Å². The van der Waals surface area contributed by atoms with Gasteiger partial charge in [0.25, 0.3) is 0 Å². The van der Waals surface area contributed by atoms with Crippen LogP contribution in [-0.4, -0.2) is 29.9 Å². The molecule has 1 aliphatic rings. The fourth-order valence-electron chi connectivity index (χ4n) is 4.79. The highest BCUT2D eigenvalue weighted by molar-refractivity contribution is 5.97. The number of carbonyl (C=O) groups excluding carboxylic acids is 2. The normalized spacial score (nSPS) is 14.7. The van der Waals surface area contributed by atoms with Crippen LogP contribution >= 0.6 is 0 Å². The molecular formula is C29H33N3O2. The first-order valence-electron chi connectivity index (χ1n) is 12.0. The maximum Gasteiger partial charge on any atom is 0.324 e. The van der Waals surface area contributed by atoms with Gasteiger partial charge in [-0.05, 0) is 56.0 Å². The summed E-state index contributed by atoms with van der Waals surface area (Å²) < 4.78 is 0. The number of urea groups is 1. The summed E-state index contributed by atoms with van der Waals surface area (Å²) in [6.07, 6.45) is 1.62. The zero-order valence-electron chi connectivity index (χ0n) is 20.3. The molecule has 1 N–H and O–H groups in total. The molecule has 1 unspecified atom stereocenters. The van der Waals surface area contributed by atoms with Gasteiger partial charge in [-0.25, -0.2) is 4.79 Å². The van der Waals surface area contributed by atoms with Crippen molar-refractivity contribution in [2.75, 3.05) is 23.3 Å². The first-order valence-corrected chi connectivity index (χ1v) is 12.0. The highest BCUT2D eigenvalue weighted by Crippen LogP contribution is 2.26. The molecule has 3 aromatic rings. The van der Waals surface area contributed by atoms with Crippen molar-refractivity contribution in [1.29, 1.82) is 0 Å². The van der Waals surface area contributed by atoms with Crippen LogP contribution in [0.5, 0.6) is 0 Å². The van der Waals surface area contributed by atoms with E-state index in [9.17, 15) is 9.59 Å². The SMILES string of the molecule is CCC(C(=O)Nc1cccc(N2CCCN(Cc3cc(C)cc(C)c3)C2=O)c1)c1ccccc1. The standard InChI is InChI=1S/C29H33N3O2/c1-4-27(24-10-6-5-7-11-24)28(33)30-25-12-8-13-26(19-25)32-15-9-14-31(29(32)34)20-23-17-21(2)16-22(3)18-23/h5-8,10-13,16-19,27H,4,9,14-15,20H2,1-3H3,(H,30,33). The Balaban J connectivity index is 1.48. The molecule has 176 valence electrons. The smallest absolute Gasteiger partial charge is 0.324 e. The van der Waals surface area contributed by atoms with E-state index in [2.05, 4.69) is 37.4 Å². The largest absolute Gasteiger partial charge is 0.325 e. The predicted molar refractivity (Wildman–Crippen MR) is 138 cm³/mol. The van der Waals surface area contributed by atoms with E-state index in [-0.39, 0.29) is 17.9 Å². The number of anilines is 2. The Hall–Kier alpha value is -3.60. The molecule has 1 aliphatic heterocycles. The second-order valence-electron chi connectivity index (χ2n) is 9.12. The average Bonchev–Trinajstić information content (AvgIpc) is 2.81. The molecule has 34 heavy (non-hydrogen) atoms. The molecule has 0 radical (unpaired) electrons. The van der Waals surface area contributed by atoms with Gasteiger partial charge in [0.1, 0.15) is 0 Å². The Morgan fingerprint density at radius 3 is 2.38 bits per heavy atom. The summed E-state index contributed by atoms with van der Waals surface area (Å²) in [6.45, 7) is 8.20. The van der Waals surface area contributed by atoms with E-state index in [1.807, 2.05) is 71.3 Å². The summed E-state index contributed by atoms with van der Waals surface area (Å²) in [7, 11) is 0. The zero-order valence-corrected chi connectivity index (χ0v) is 20.3. The minimum atomic E-state index is -0.213. The second kappa shape index (κ2) is 10.6. The molecular weight excluding hydrogens is 422 g/mol. The van der Waals surface area contributed by atoms with Gasteiger partial charge in [0.2, 0.25) is 5.91 Å². The molecule has 1 saturated heterocycles. The van der Waals surface area contributed by atoms with Crippen molar-refractivity contribution in [2.45, 2.75) is 46.1 Å². The van der Waals surface area contributed by atoms with Gasteiger partial charge in [-0.2, -0.15) is 0 Å². The van der Waals surface area contributed by atoms with Crippen LogP contribution in [-0.2, 0) is 11.3 Å². The van der Waals surface area contributed by atoms with Crippen molar-refractivity contribution >= 4 is 23.3 Å². The van der Waals surface area contributed by atoms with Gasteiger partial charge >= 0.3 is 6.03 Å². The topological polar surface area (TPSA) is 52.7 Å². The fourth-order valence-corrected chi connectivity index (χ4v) is 4.79. The predicted octanol–water partition coefficient (Wildman–Crippen LogP) is 6.27. The molecule has 0 aliphatic carbocycles. The third-order valence-electron chi connectivity index (χ3n) is 6.32. The third kappa shape index (κ3) is 5.48. The minimum Gasteiger partial charge on any atom is -0.325 e. The quantitative estimate of drug-likeness (QED) is 0.457. The summed E-state index contributed by atoms with van der Waals surface area (Å²) in [5, 5.41) is 3.06. The summed E-state index contributed by atoms with van der Waals surface area (Å²) in [5.74, 6) is -0.248. The van der Waals surface area contributed by atoms with Gasteiger partial charge in [-0.3, -0.25) is 9.69 Å². The minimum absolute atomic E-state index is 0.00426. The molecule has 1 heterocycles. The maximum atomic E-state index is 13.3. The summed E-state index contributed by atoms with van der Waals surface area (Å²) in [6, 6.07) is 23.9. The van der Waals surface area contributed by atoms with E-state index >= 15 is 0 Å². The van der Waals surface area contributed by atoms with E-state index in [0.717, 1.165) is 29.8 Å². The Morgan fingerprint density at radius 1 is 0.941 bits per heavy atom. The molecule has 5 heteroatoms. The van der Waals surface area contributed by atoms with Gasteiger partial charge in [-0.1, -0.05) is 72.6 Å². The van der Waals surface area contributed by atoms with Crippen LogP contribution in [0.2, 0.25) is 0 Å². The van der Waals surface area contributed by atoms with Gasteiger partial charge in [0, 0.05) is 31.0 Å². The van der Waals surface area contributed by atoms with E-state index < -0.39 is 0 Å². The molecule has 0 aromatic heterocycles. The number of nitrogens with zero attached hydrogens (tertiary/aromatic N) is 2. The number of hydrogen-bond donors (Lipinski definition) is 1. The molecule has 0 bridgehead atoms. The van der Waals surface area contributed by atoms with Crippen LogP contribution in [0.1, 0.15) is 47.9 Å². The number of benzene rings is 3. The van der Waals surface area contributed by atoms with Gasteiger partial charge in [0.05, 0.1) is 5.92 Å². The third-order valence-corrected chi connectivity index (χ3v) is 6.32. The number of hydrogen-bond acceptors (Lipinski definition) is 2.